The molecule has 0 radical (unpaired) electrons. The van der Waals surface area contributed by atoms with Gasteiger partial charge in [-0.25, -0.2) is 4.39 Å². The van der Waals surface area contributed by atoms with Crippen LogP contribution in [-0.4, -0.2) is 72.2 Å². The summed E-state index contributed by atoms with van der Waals surface area (Å²) in [5.74, 6) is -1.18. The molecule has 3 atom stereocenters. The Morgan fingerprint density at radius 3 is 2.41 bits per heavy atom. The molecule has 1 unspecified atom stereocenters. The van der Waals surface area contributed by atoms with Crippen molar-refractivity contribution in [3.63, 3.8) is 0 Å². The highest BCUT2D eigenvalue weighted by Gasteiger charge is 2.52. The minimum atomic E-state index is -4.58. The number of carbonyl (C=O) groups is 2. The molecule has 1 amide bonds. The van der Waals surface area contributed by atoms with Crippen LogP contribution in [0, 0.1) is 11.3 Å². The number of nitrogens with one attached hydrogen (secondary N) is 1. The van der Waals surface area contributed by atoms with Crippen molar-refractivity contribution in [2.75, 3.05) is 32.7 Å². The van der Waals surface area contributed by atoms with Crippen molar-refractivity contribution in [3.8, 4) is 0 Å². The fourth-order valence-electron chi connectivity index (χ4n) is 6.03. The van der Waals surface area contributed by atoms with Crippen molar-refractivity contribution >= 4 is 23.5 Å². The molecule has 6 nitrogen and oxygen atoms in total. The van der Waals surface area contributed by atoms with Crippen LogP contribution in [0.15, 0.2) is 18.2 Å². The maximum absolute atomic E-state index is 14.1. The van der Waals surface area contributed by atoms with E-state index >= 15 is 0 Å². The standard InChI is InChI=1S/C30H44ClF4N3O3/c1-6-8-21(32)17-37-13-11-22(12-14-37)36-27(40)29(15-26(39)41-28(3,4)5)19-38(16-20(29)2)18-23-24(30(33,34)35)9-7-10-25(23)31/h7,9-10,20-22H,6,8,11-19H2,1-5H3,(H,36,40)/t20-,21?,29+/m0/s1. The summed E-state index contributed by atoms with van der Waals surface area (Å²) in [4.78, 5) is 30.8. The molecule has 232 valence electrons. The fourth-order valence-corrected chi connectivity index (χ4v) is 6.26. The number of rotatable bonds is 10. The van der Waals surface area contributed by atoms with E-state index in [2.05, 4.69) is 10.2 Å². The Labute approximate surface area is 246 Å². The molecule has 3 rings (SSSR count). The topological polar surface area (TPSA) is 61.9 Å². The number of hydrogen-bond donors (Lipinski definition) is 1. The van der Waals surface area contributed by atoms with Gasteiger partial charge in [0.2, 0.25) is 5.91 Å². The second-order valence-electron chi connectivity index (χ2n) is 12.7. The molecule has 0 aliphatic carbocycles. The lowest BCUT2D eigenvalue weighted by Crippen LogP contribution is -2.53. The van der Waals surface area contributed by atoms with Crippen LogP contribution in [0.5, 0.6) is 0 Å². The first-order chi connectivity index (χ1) is 19.0. The van der Waals surface area contributed by atoms with Gasteiger partial charge in [-0.05, 0) is 63.6 Å². The van der Waals surface area contributed by atoms with Crippen LogP contribution in [0.1, 0.15) is 77.8 Å². The number of likely N-dealkylation sites (tertiary alicyclic amines) is 2. The van der Waals surface area contributed by atoms with E-state index in [4.69, 9.17) is 16.3 Å². The number of nitrogens with zero attached hydrogens (tertiary/aromatic N) is 2. The van der Waals surface area contributed by atoms with Crippen LogP contribution in [0.4, 0.5) is 17.6 Å². The summed E-state index contributed by atoms with van der Waals surface area (Å²) in [5, 5.41) is 3.13. The molecule has 2 aliphatic rings. The molecule has 41 heavy (non-hydrogen) atoms. The molecule has 2 heterocycles. The van der Waals surface area contributed by atoms with Gasteiger partial charge in [-0.3, -0.25) is 14.5 Å². The van der Waals surface area contributed by atoms with Crippen LogP contribution < -0.4 is 5.32 Å². The van der Waals surface area contributed by atoms with Crippen molar-refractivity contribution < 1.29 is 31.9 Å². The van der Waals surface area contributed by atoms with Gasteiger partial charge in [0.05, 0.1) is 17.4 Å². The van der Waals surface area contributed by atoms with E-state index in [0.29, 0.717) is 45.4 Å². The molecule has 11 heteroatoms. The van der Waals surface area contributed by atoms with E-state index in [1.54, 1.807) is 25.7 Å². The third kappa shape index (κ3) is 9.04. The highest BCUT2D eigenvalue weighted by Crippen LogP contribution is 2.43. The van der Waals surface area contributed by atoms with Gasteiger partial charge in [0, 0.05) is 50.3 Å². The molecule has 2 aliphatic heterocycles. The largest absolute Gasteiger partial charge is 0.460 e. The van der Waals surface area contributed by atoms with Crippen LogP contribution in [0.3, 0.4) is 0 Å². The molecule has 1 aromatic carbocycles. The summed E-state index contributed by atoms with van der Waals surface area (Å²) in [6.45, 7) is 11.0. The normalized spacial score (nSPS) is 23.9. The lowest BCUT2D eigenvalue weighted by Gasteiger charge is -2.37. The van der Waals surface area contributed by atoms with Gasteiger partial charge in [0.1, 0.15) is 11.8 Å². The lowest BCUT2D eigenvalue weighted by molar-refractivity contribution is -0.161. The van der Waals surface area contributed by atoms with Crippen LogP contribution in [0.25, 0.3) is 0 Å². The van der Waals surface area contributed by atoms with E-state index in [0.717, 1.165) is 12.5 Å². The molecule has 2 fully saturated rings. The maximum Gasteiger partial charge on any atom is 0.416 e. The Bertz CT molecular complexity index is 1060. The minimum Gasteiger partial charge on any atom is -0.460 e. The zero-order valence-electron chi connectivity index (χ0n) is 24.8. The first-order valence-electron chi connectivity index (χ1n) is 14.5. The minimum absolute atomic E-state index is 0.00258. The van der Waals surface area contributed by atoms with Gasteiger partial charge in [-0.2, -0.15) is 13.2 Å². The van der Waals surface area contributed by atoms with Crippen molar-refractivity contribution in [1.82, 2.24) is 15.1 Å². The van der Waals surface area contributed by atoms with Crippen molar-refractivity contribution in [1.29, 1.82) is 0 Å². The third-order valence-electron chi connectivity index (χ3n) is 8.10. The summed E-state index contributed by atoms with van der Waals surface area (Å²) >= 11 is 6.22. The third-order valence-corrected chi connectivity index (χ3v) is 8.45. The van der Waals surface area contributed by atoms with E-state index in [9.17, 15) is 27.2 Å². The monoisotopic (exact) mass is 605 g/mol. The van der Waals surface area contributed by atoms with Gasteiger partial charge in [-0.1, -0.05) is 37.9 Å². The Morgan fingerprint density at radius 2 is 1.83 bits per heavy atom. The lowest BCUT2D eigenvalue weighted by atomic mass is 9.75. The maximum atomic E-state index is 14.1. The molecule has 0 spiro atoms. The SMILES string of the molecule is CCCC(F)CN1CCC(NC(=O)[C@]2(CC(=O)OC(C)(C)C)CN(Cc3c(Cl)cccc3C(F)(F)F)C[C@@H]2C)CC1. The highest BCUT2D eigenvalue weighted by molar-refractivity contribution is 6.31. The zero-order valence-corrected chi connectivity index (χ0v) is 25.5. The molecule has 0 aromatic heterocycles. The summed E-state index contributed by atoms with van der Waals surface area (Å²) in [6, 6.07) is 3.55. The Balaban J connectivity index is 1.78. The van der Waals surface area contributed by atoms with Crippen molar-refractivity contribution in [2.24, 2.45) is 11.3 Å². The predicted octanol–water partition coefficient (Wildman–Crippen LogP) is 6.25. The smallest absolute Gasteiger partial charge is 0.416 e. The average Bonchev–Trinajstić information content (AvgIpc) is 3.15. The molecule has 0 bridgehead atoms. The Hall–Kier alpha value is -1.91. The average molecular weight is 606 g/mol. The van der Waals surface area contributed by atoms with Gasteiger partial charge in [0.25, 0.3) is 0 Å². The second-order valence-corrected chi connectivity index (χ2v) is 13.1. The summed E-state index contributed by atoms with van der Waals surface area (Å²) < 4.78 is 61.0. The molecular weight excluding hydrogens is 562 g/mol. The quantitative estimate of drug-likeness (QED) is 0.252. The number of carbonyl (C=O) groups excluding carboxylic acids is 2. The van der Waals surface area contributed by atoms with Crippen molar-refractivity contribution in [3.05, 3.63) is 34.3 Å². The molecule has 1 N–H and O–H groups in total. The Kier molecular flexibility index (Phi) is 11.1. The van der Waals surface area contributed by atoms with E-state index < -0.39 is 34.9 Å². The molecular formula is C30H44ClF4N3O3. The number of halogens is 5. The number of ether oxygens (including phenoxy) is 1. The number of benzene rings is 1. The second kappa shape index (κ2) is 13.6. The number of alkyl halides is 4. The molecule has 0 saturated carbocycles. The zero-order chi connectivity index (χ0) is 30.6. The Morgan fingerprint density at radius 1 is 1.17 bits per heavy atom. The first kappa shape index (κ1) is 33.6. The molecule has 2 saturated heterocycles. The van der Waals surface area contributed by atoms with Crippen LogP contribution in [-0.2, 0) is 27.0 Å². The van der Waals surface area contributed by atoms with Gasteiger partial charge >= 0.3 is 12.1 Å². The van der Waals surface area contributed by atoms with E-state index in [-0.39, 0.29) is 48.0 Å². The van der Waals surface area contributed by atoms with Crippen LogP contribution in [0.2, 0.25) is 5.02 Å². The molecule has 1 aromatic rings. The van der Waals surface area contributed by atoms with Gasteiger partial charge in [0.15, 0.2) is 0 Å². The number of piperidine rings is 1. The number of hydrogen-bond acceptors (Lipinski definition) is 5. The van der Waals surface area contributed by atoms with Gasteiger partial charge in [-0.15, -0.1) is 0 Å². The first-order valence-corrected chi connectivity index (χ1v) is 14.9. The van der Waals surface area contributed by atoms with Crippen LogP contribution >= 0.6 is 11.6 Å². The number of esters is 1. The summed E-state index contributed by atoms with van der Waals surface area (Å²) in [5.41, 5.74) is -2.81. The van der Waals surface area contributed by atoms with E-state index in [1.807, 2.05) is 13.8 Å². The summed E-state index contributed by atoms with van der Waals surface area (Å²) in [7, 11) is 0. The highest BCUT2D eigenvalue weighted by atomic mass is 35.5. The van der Waals surface area contributed by atoms with E-state index in [1.165, 1.54) is 12.1 Å². The number of amides is 1. The fraction of sp³-hybridized carbons (Fsp3) is 0.733. The van der Waals surface area contributed by atoms with Gasteiger partial charge < -0.3 is 15.0 Å². The summed E-state index contributed by atoms with van der Waals surface area (Å²) in [6.07, 6.45) is -3.02. The predicted molar refractivity (Wildman–Crippen MR) is 151 cm³/mol. The van der Waals surface area contributed by atoms with Crippen molar-refractivity contribution in [2.45, 2.75) is 97.3 Å².